The van der Waals surface area contributed by atoms with Gasteiger partial charge < -0.3 is 10.8 Å². The summed E-state index contributed by atoms with van der Waals surface area (Å²) in [7, 11) is -3.58. The molecule has 0 aliphatic heterocycles. The van der Waals surface area contributed by atoms with Gasteiger partial charge in [-0.25, -0.2) is 13.1 Å². The first kappa shape index (κ1) is 16.9. The topological polar surface area (TPSA) is 92.4 Å². The van der Waals surface area contributed by atoms with E-state index in [0.29, 0.717) is 18.5 Å². The number of anilines is 1. The molecule has 6 heteroatoms. The zero-order valence-electron chi connectivity index (χ0n) is 12.3. The van der Waals surface area contributed by atoms with Gasteiger partial charge in [-0.15, -0.1) is 0 Å². The van der Waals surface area contributed by atoms with Crippen molar-refractivity contribution >= 4 is 15.7 Å². The molecular weight excluding hydrogens is 276 g/mol. The Hall–Kier alpha value is -1.11. The highest BCUT2D eigenvalue weighted by Gasteiger charge is 2.27. The summed E-state index contributed by atoms with van der Waals surface area (Å²) < 4.78 is 27.1. The van der Waals surface area contributed by atoms with Crippen LogP contribution in [0.25, 0.3) is 0 Å². The first-order valence-corrected chi connectivity index (χ1v) is 8.25. The Bertz CT molecular complexity index is 543. The van der Waals surface area contributed by atoms with E-state index in [1.807, 2.05) is 13.8 Å². The van der Waals surface area contributed by atoms with Crippen LogP contribution in [0.3, 0.4) is 0 Å². The number of benzene rings is 1. The van der Waals surface area contributed by atoms with E-state index < -0.39 is 15.4 Å². The van der Waals surface area contributed by atoms with Crippen molar-refractivity contribution in [1.82, 2.24) is 4.72 Å². The molecule has 0 saturated carbocycles. The van der Waals surface area contributed by atoms with Crippen molar-refractivity contribution < 1.29 is 13.5 Å². The molecule has 20 heavy (non-hydrogen) atoms. The number of hydrogen-bond donors (Lipinski definition) is 3. The van der Waals surface area contributed by atoms with Gasteiger partial charge in [0, 0.05) is 24.3 Å². The van der Waals surface area contributed by atoms with Crippen LogP contribution in [0.15, 0.2) is 23.1 Å². The zero-order chi connectivity index (χ0) is 15.4. The summed E-state index contributed by atoms with van der Waals surface area (Å²) in [6, 6.07) is 4.63. The molecule has 5 nitrogen and oxygen atoms in total. The molecule has 0 atom stereocenters. The summed E-state index contributed by atoms with van der Waals surface area (Å²) >= 11 is 0. The summed E-state index contributed by atoms with van der Waals surface area (Å²) in [5.41, 5.74) is 6.58. The maximum Gasteiger partial charge on any atom is 0.240 e. The van der Waals surface area contributed by atoms with Gasteiger partial charge in [-0.1, -0.05) is 13.8 Å². The summed E-state index contributed by atoms with van der Waals surface area (Å²) in [5.74, 6) is 0. The predicted octanol–water partition coefficient (Wildman–Crippen LogP) is 1.65. The lowest BCUT2D eigenvalue weighted by molar-refractivity contribution is 0.119. The monoisotopic (exact) mass is 300 g/mol. The third-order valence-corrected chi connectivity index (χ3v) is 5.42. The normalized spacial score (nSPS) is 12.6. The van der Waals surface area contributed by atoms with Gasteiger partial charge in [0.1, 0.15) is 0 Å². The standard InChI is InChI=1S/C14H24N2O3S/c1-4-14(5-2,10-17)9-16-20(18,19)12-6-7-13(15)11(3)8-12/h6-8,16-17H,4-5,9-10,15H2,1-3H3. The Morgan fingerprint density at radius 3 is 2.35 bits per heavy atom. The van der Waals surface area contributed by atoms with Crippen molar-refractivity contribution in [2.24, 2.45) is 5.41 Å². The molecule has 0 radical (unpaired) electrons. The largest absolute Gasteiger partial charge is 0.399 e. The lowest BCUT2D eigenvalue weighted by Crippen LogP contribution is -2.39. The smallest absolute Gasteiger partial charge is 0.240 e. The molecule has 0 aliphatic rings. The van der Waals surface area contributed by atoms with E-state index >= 15 is 0 Å². The van der Waals surface area contributed by atoms with Crippen molar-refractivity contribution in [3.8, 4) is 0 Å². The van der Waals surface area contributed by atoms with E-state index in [4.69, 9.17) is 5.73 Å². The molecule has 1 rings (SSSR count). The van der Waals surface area contributed by atoms with Crippen LogP contribution in [0.4, 0.5) is 5.69 Å². The molecule has 0 fully saturated rings. The lowest BCUT2D eigenvalue weighted by atomic mass is 9.84. The third-order valence-electron chi connectivity index (χ3n) is 4.02. The second kappa shape index (κ2) is 6.56. The van der Waals surface area contributed by atoms with E-state index in [-0.39, 0.29) is 18.0 Å². The molecule has 0 unspecified atom stereocenters. The number of aliphatic hydroxyl groups excluding tert-OH is 1. The molecule has 114 valence electrons. The van der Waals surface area contributed by atoms with Crippen molar-refractivity contribution in [2.45, 2.75) is 38.5 Å². The molecule has 1 aromatic rings. The number of aryl methyl sites for hydroxylation is 1. The van der Waals surface area contributed by atoms with Crippen LogP contribution in [0.2, 0.25) is 0 Å². The summed E-state index contributed by atoms with van der Waals surface area (Å²) in [5, 5.41) is 9.47. The number of aliphatic hydroxyl groups is 1. The Morgan fingerprint density at radius 2 is 1.90 bits per heavy atom. The zero-order valence-corrected chi connectivity index (χ0v) is 13.1. The minimum Gasteiger partial charge on any atom is -0.399 e. The molecule has 0 spiro atoms. The molecule has 0 aromatic heterocycles. The van der Waals surface area contributed by atoms with E-state index in [0.717, 1.165) is 5.56 Å². The number of nitrogens with two attached hydrogens (primary N) is 1. The second-order valence-corrected chi connectivity index (χ2v) is 6.98. The van der Waals surface area contributed by atoms with E-state index in [1.54, 1.807) is 19.1 Å². The molecule has 0 heterocycles. The van der Waals surface area contributed by atoms with E-state index in [9.17, 15) is 13.5 Å². The maximum atomic E-state index is 12.3. The van der Waals surface area contributed by atoms with Gasteiger partial charge in [-0.3, -0.25) is 0 Å². The highest BCUT2D eigenvalue weighted by atomic mass is 32.2. The Balaban J connectivity index is 2.92. The van der Waals surface area contributed by atoms with Gasteiger partial charge in [0.05, 0.1) is 4.90 Å². The number of nitrogen functional groups attached to an aromatic ring is 1. The Kier molecular flexibility index (Phi) is 5.56. The van der Waals surface area contributed by atoms with Gasteiger partial charge in [0.2, 0.25) is 10.0 Å². The number of sulfonamides is 1. The molecule has 1 aromatic carbocycles. The average Bonchev–Trinajstić information content (AvgIpc) is 2.44. The van der Waals surface area contributed by atoms with Crippen LogP contribution in [0.1, 0.15) is 32.3 Å². The molecular formula is C14H24N2O3S. The van der Waals surface area contributed by atoms with E-state index in [2.05, 4.69) is 4.72 Å². The number of hydrogen-bond acceptors (Lipinski definition) is 4. The van der Waals surface area contributed by atoms with Gasteiger partial charge in [0.15, 0.2) is 0 Å². The fraction of sp³-hybridized carbons (Fsp3) is 0.571. The van der Waals surface area contributed by atoms with Gasteiger partial charge >= 0.3 is 0 Å². The quantitative estimate of drug-likeness (QED) is 0.668. The predicted molar refractivity (Wildman–Crippen MR) is 80.9 cm³/mol. The molecule has 0 bridgehead atoms. The van der Waals surface area contributed by atoms with Crippen LogP contribution in [-0.4, -0.2) is 26.7 Å². The first-order valence-electron chi connectivity index (χ1n) is 6.77. The Morgan fingerprint density at radius 1 is 1.30 bits per heavy atom. The first-order chi connectivity index (χ1) is 9.30. The average molecular weight is 300 g/mol. The van der Waals surface area contributed by atoms with Crippen molar-refractivity contribution in [3.05, 3.63) is 23.8 Å². The fourth-order valence-electron chi connectivity index (χ4n) is 1.93. The van der Waals surface area contributed by atoms with Gasteiger partial charge in [-0.2, -0.15) is 0 Å². The summed E-state index contributed by atoms with van der Waals surface area (Å²) in [6.07, 6.45) is 1.42. The molecule has 4 N–H and O–H groups in total. The highest BCUT2D eigenvalue weighted by molar-refractivity contribution is 7.89. The van der Waals surface area contributed by atoms with Crippen molar-refractivity contribution in [1.29, 1.82) is 0 Å². The van der Waals surface area contributed by atoms with Crippen LogP contribution < -0.4 is 10.5 Å². The lowest BCUT2D eigenvalue weighted by Gasteiger charge is -2.29. The minimum absolute atomic E-state index is 0.0384. The van der Waals surface area contributed by atoms with E-state index in [1.165, 1.54) is 6.07 Å². The second-order valence-electron chi connectivity index (χ2n) is 5.21. The highest BCUT2D eigenvalue weighted by Crippen LogP contribution is 2.25. The van der Waals surface area contributed by atoms with Gasteiger partial charge in [0.25, 0.3) is 0 Å². The summed E-state index contributed by atoms with van der Waals surface area (Å²) in [6.45, 7) is 5.85. The third kappa shape index (κ3) is 3.71. The number of rotatable bonds is 7. The Labute approximate surface area is 121 Å². The van der Waals surface area contributed by atoms with Crippen LogP contribution >= 0.6 is 0 Å². The maximum absolute atomic E-state index is 12.3. The fourth-order valence-corrected chi connectivity index (χ4v) is 3.17. The van der Waals surface area contributed by atoms with Crippen molar-refractivity contribution in [3.63, 3.8) is 0 Å². The van der Waals surface area contributed by atoms with Crippen LogP contribution in [0.5, 0.6) is 0 Å². The molecule has 0 aliphatic carbocycles. The minimum atomic E-state index is -3.58. The molecule has 0 amide bonds. The van der Waals surface area contributed by atoms with Crippen molar-refractivity contribution in [2.75, 3.05) is 18.9 Å². The summed E-state index contributed by atoms with van der Waals surface area (Å²) in [4.78, 5) is 0.197. The van der Waals surface area contributed by atoms with Crippen LogP contribution in [0, 0.1) is 12.3 Å². The van der Waals surface area contributed by atoms with Crippen LogP contribution in [-0.2, 0) is 10.0 Å². The van der Waals surface area contributed by atoms with Gasteiger partial charge in [-0.05, 0) is 43.5 Å². The SMILES string of the molecule is CCC(CC)(CO)CNS(=O)(=O)c1ccc(N)c(C)c1. The number of nitrogens with one attached hydrogen (secondary N) is 1. The molecule has 0 saturated heterocycles.